The predicted molar refractivity (Wildman–Crippen MR) is 68.4 cm³/mol. The third kappa shape index (κ3) is 3.01. The zero-order chi connectivity index (χ0) is 12.3. The van der Waals surface area contributed by atoms with E-state index in [1.807, 2.05) is 0 Å². The molecule has 0 radical (unpaired) electrons. The van der Waals surface area contributed by atoms with Crippen LogP contribution < -0.4 is 0 Å². The van der Waals surface area contributed by atoms with Crippen molar-refractivity contribution in [3.05, 3.63) is 0 Å². The van der Waals surface area contributed by atoms with Crippen molar-refractivity contribution < 1.29 is 4.74 Å². The standard InChI is InChI=1S/C15H25NO/c1-12(2)13-5-7-15(11-16,8-6-13)10-14-4-3-9-17-14/h12-14H,3-10H2,1-2H3. The van der Waals surface area contributed by atoms with Gasteiger partial charge >= 0.3 is 0 Å². The molecule has 0 bridgehead atoms. The minimum Gasteiger partial charge on any atom is -0.378 e. The fourth-order valence-corrected chi connectivity index (χ4v) is 3.46. The number of rotatable bonds is 3. The Hall–Kier alpha value is -0.550. The zero-order valence-corrected chi connectivity index (χ0v) is 11.2. The van der Waals surface area contributed by atoms with Gasteiger partial charge in [-0.25, -0.2) is 0 Å². The highest BCUT2D eigenvalue weighted by molar-refractivity contribution is 5.03. The monoisotopic (exact) mass is 235 g/mol. The smallest absolute Gasteiger partial charge is 0.0690 e. The molecule has 2 aliphatic rings. The van der Waals surface area contributed by atoms with Crippen molar-refractivity contribution in [2.24, 2.45) is 17.3 Å². The van der Waals surface area contributed by atoms with Crippen LogP contribution >= 0.6 is 0 Å². The number of ether oxygens (including phenoxy) is 1. The van der Waals surface area contributed by atoms with Crippen molar-refractivity contribution in [1.82, 2.24) is 0 Å². The molecule has 1 heterocycles. The summed E-state index contributed by atoms with van der Waals surface area (Å²) in [4.78, 5) is 0. The van der Waals surface area contributed by atoms with E-state index in [2.05, 4.69) is 19.9 Å². The Kier molecular flexibility index (Phi) is 4.09. The minimum atomic E-state index is -0.0691. The van der Waals surface area contributed by atoms with Gasteiger partial charge in [0.1, 0.15) is 0 Å². The van der Waals surface area contributed by atoms with Crippen molar-refractivity contribution in [2.75, 3.05) is 6.61 Å². The highest BCUT2D eigenvalue weighted by Gasteiger charge is 2.38. The number of hydrogen-bond acceptors (Lipinski definition) is 2. The maximum absolute atomic E-state index is 9.52. The van der Waals surface area contributed by atoms with Crippen molar-refractivity contribution in [3.63, 3.8) is 0 Å². The maximum atomic E-state index is 9.52. The first-order valence-electron chi connectivity index (χ1n) is 7.18. The lowest BCUT2D eigenvalue weighted by atomic mass is 9.66. The molecular formula is C15H25NO. The van der Waals surface area contributed by atoms with Gasteiger partial charge in [-0.15, -0.1) is 0 Å². The Morgan fingerprint density at radius 3 is 2.47 bits per heavy atom. The fourth-order valence-electron chi connectivity index (χ4n) is 3.46. The third-order valence-electron chi connectivity index (χ3n) is 4.81. The van der Waals surface area contributed by atoms with Crippen molar-refractivity contribution >= 4 is 0 Å². The molecule has 1 saturated heterocycles. The zero-order valence-electron chi connectivity index (χ0n) is 11.2. The van der Waals surface area contributed by atoms with Gasteiger partial charge in [-0.05, 0) is 56.8 Å². The van der Waals surface area contributed by atoms with Crippen molar-refractivity contribution in [3.8, 4) is 6.07 Å². The van der Waals surface area contributed by atoms with Gasteiger partial charge in [0.2, 0.25) is 0 Å². The molecule has 96 valence electrons. The molecule has 1 aliphatic heterocycles. The van der Waals surface area contributed by atoms with E-state index < -0.39 is 0 Å². The van der Waals surface area contributed by atoms with Gasteiger partial charge in [-0.1, -0.05) is 13.8 Å². The SMILES string of the molecule is CC(C)C1CCC(C#N)(CC2CCCO2)CC1. The summed E-state index contributed by atoms with van der Waals surface area (Å²) in [5.74, 6) is 1.61. The predicted octanol–water partition coefficient (Wildman–Crippen LogP) is 3.91. The fraction of sp³-hybridized carbons (Fsp3) is 0.933. The molecular weight excluding hydrogens is 210 g/mol. The Morgan fingerprint density at radius 1 is 1.29 bits per heavy atom. The Labute approximate surface area is 105 Å². The van der Waals surface area contributed by atoms with Crippen LogP contribution in [0, 0.1) is 28.6 Å². The summed E-state index contributed by atoms with van der Waals surface area (Å²) in [5, 5.41) is 9.52. The summed E-state index contributed by atoms with van der Waals surface area (Å²) in [6.45, 7) is 5.52. The average Bonchev–Trinajstić information content (AvgIpc) is 2.82. The topological polar surface area (TPSA) is 33.0 Å². The van der Waals surface area contributed by atoms with Crippen LogP contribution in [0.4, 0.5) is 0 Å². The van der Waals surface area contributed by atoms with Crippen LogP contribution in [-0.2, 0) is 4.74 Å². The second-order valence-corrected chi connectivity index (χ2v) is 6.31. The summed E-state index contributed by atoms with van der Waals surface area (Å²) in [6.07, 6.45) is 8.34. The van der Waals surface area contributed by atoms with E-state index in [4.69, 9.17) is 4.74 Å². The van der Waals surface area contributed by atoms with Crippen LogP contribution in [0.3, 0.4) is 0 Å². The largest absolute Gasteiger partial charge is 0.378 e. The molecule has 2 rings (SSSR count). The van der Waals surface area contributed by atoms with E-state index in [9.17, 15) is 5.26 Å². The molecule has 17 heavy (non-hydrogen) atoms. The van der Waals surface area contributed by atoms with E-state index in [1.54, 1.807) is 0 Å². The van der Waals surface area contributed by atoms with Crippen LogP contribution in [0.15, 0.2) is 0 Å². The van der Waals surface area contributed by atoms with Gasteiger partial charge in [0.25, 0.3) is 0 Å². The lowest BCUT2D eigenvalue weighted by Crippen LogP contribution is -2.31. The van der Waals surface area contributed by atoms with Gasteiger partial charge in [-0.3, -0.25) is 0 Å². The lowest BCUT2D eigenvalue weighted by Gasteiger charge is -2.37. The average molecular weight is 235 g/mol. The van der Waals surface area contributed by atoms with Gasteiger partial charge in [0.05, 0.1) is 17.6 Å². The molecule has 1 unspecified atom stereocenters. The highest BCUT2D eigenvalue weighted by Crippen LogP contribution is 2.45. The quantitative estimate of drug-likeness (QED) is 0.743. The normalized spacial score (nSPS) is 38.2. The first kappa shape index (κ1) is 12.9. The number of nitrogens with zero attached hydrogens (tertiary/aromatic N) is 1. The van der Waals surface area contributed by atoms with Gasteiger partial charge in [0.15, 0.2) is 0 Å². The van der Waals surface area contributed by atoms with Crippen LogP contribution in [0.5, 0.6) is 0 Å². The molecule has 1 aliphatic carbocycles. The summed E-state index contributed by atoms with van der Waals surface area (Å²) in [5.41, 5.74) is -0.0691. The van der Waals surface area contributed by atoms with Crippen LogP contribution in [-0.4, -0.2) is 12.7 Å². The highest BCUT2D eigenvalue weighted by atomic mass is 16.5. The van der Waals surface area contributed by atoms with Crippen LogP contribution in [0.2, 0.25) is 0 Å². The molecule has 0 amide bonds. The number of hydrogen-bond donors (Lipinski definition) is 0. The van der Waals surface area contributed by atoms with Gasteiger partial charge < -0.3 is 4.74 Å². The molecule has 0 spiro atoms. The molecule has 2 heteroatoms. The Balaban J connectivity index is 1.91. The molecule has 0 aromatic carbocycles. The van der Waals surface area contributed by atoms with Crippen molar-refractivity contribution in [2.45, 2.75) is 64.9 Å². The maximum Gasteiger partial charge on any atom is 0.0690 e. The lowest BCUT2D eigenvalue weighted by molar-refractivity contribution is 0.0551. The van der Waals surface area contributed by atoms with Crippen LogP contribution in [0.1, 0.15) is 58.8 Å². The third-order valence-corrected chi connectivity index (χ3v) is 4.81. The van der Waals surface area contributed by atoms with E-state index in [-0.39, 0.29) is 5.41 Å². The van der Waals surface area contributed by atoms with Gasteiger partial charge in [0, 0.05) is 6.61 Å². The minimum absolute atomic E-state index is 0.0691. The first-order chi connectivity index (χ1) is 8.15. The summed E-state index contributed by atoms with van der Waals surface area (Å²) in [6, 6.07) is 2.62. The Bertz CT molecular complexity index is 278. The van der Waals surface area contributed by atoms with Crippen LogP contribution in [0.25, 0.3) is 0 Å². The van der Waals surface area contributed by atoms with E-state index in [0.29, 0.717) is 6.10 Å². The molecule has 1 atom stereocenters. The summed E-state index contributed by atoms with van der Waals surface area (Å²) < 4.78 is 5.71. The van der Waals surface area contributed by atoms with E-state index >= 15 is 0 Å². The molecule has 0 N–H and O–H groups in total. The number of nitriles is 1. The summed E-state index contributed by atoms with van der Waals surface area (Å²) >= 11 is 0. The van der Waals surface area contributed by atoms with E-state index in [1.165, 1.54) is 19.3 Å². The molecule has 2 fully saturated rings. The molecule has 0 aromatic heterocycles. The van der Waals surface area contributed by atoms with Crippen molar-refractivity contribution in [1.29, 1.82) is 5.26 Å². The van der Waals surface area contributed by atoms with E-state index in [0.717, 1.165) is 44.1 Å². The van der Waals surface area contributed by atoms with Gasteiger partial charge in [-0.2, -0.15) is 5.26 Å². The molecule has 1 saturated carbocycles. The Morgan fingerprint density at radius 2 is 2.00 bits per heavy atom. The summed E-state index contributed by atoms with van der Waals surface area (Å²) in [7, 11) is 0. The molecule has 2 nitrogen and oxygen atoms in total. The molecule has 0 aromatic rings. The second kappa shape index (κ2) is 5.40. The first-order valence-corrected chi connectivity index (χ1v) is 7.18. The second-order valence-electron chi connectivity index (χ2n) is 6.31.